The maximum atomic E-state index is 5.22. The van der Waals surface area contributed by atoms with Crippen LogP contribution in [0.3, 0.4) is 0 Å². The number of H-pyrrole nitrogens is 1. The van der Waals surface area contributed by atoms with Crippen molar-refractivity contribution in [2.24, 2.45) is 0 Å². The van der Waals surface area contributed by atoms with E-state index in [1.807, 2.05) is 23.3 Å². The van der Waals surface area contributed by atoms with Gasteiger partial charge >= 0.3 is 0 Å². The van der Waals surface area contributed by atoms with Gasteiger partial charge in [0.05, 0.1) is 6.33 Å². The molecule has 0 aromatic carbocycles. The van der Waals surface area contributed by atoms with E-state index in [2.05, 4.69) is 21.5 Å². The molecule has 4 nitrogen and oxygen atoms in total. The summed E-state index contributed by atoms with van der Waals surface area (Å²) in [6.45, 7) is 3.92. The van der Waals surface area contributed by atoms with Crippen molar-refractivity contribution in [1.29, 1.82) is 0 Å². The smallest absolute Gasteiger partial charge is 0.177 e. The number of nitrogens with zero attached hydrogens (tertiary/aromatic N) is 3. The second kappa shape index (κ2) is 4.44. The molecule has 0 fully saturated rings. The van der Waals surface area contributed by atoms with E-state index >= 15 is 0 Å². The maximum Gasteiger partial charge on any atom is 0.177 e. The number of hydrogen-bond acceptors (Lipinski definition) is 2. The molecule has 0 spiro atoms. The Morgan fingerprint density at radius 2 is 2.33 bits per heavy atom. The number of nitrogens with one attached hydrogen (secondary N) is 1. The molecule has 0 amide bonds. The summed E-state index contributed by atoms with van der Waals surface area (Å²) < 4.78 is 4.98. The van der Waals surface area contributed by atoms with Crippen LogP contribution in [0.1, 0.15) is 12.6 Å². The third-order valence-corrected chi connectivity index (χ3v) is 2.80. The Morgan fingerprint density at radius 1 is 1.47 bits per heavy atom. The van der Waals surface area contributed by atoms with Crippen molar-refractivity contribution in [1.82, 2.24) is 19.1 Å². The van der Waals surface area contributed by atoms with Gasteiger partial charge in [-0.25, -0.2) is 4.98 Å². The van der Waals surface area contributed by atoms with Crippen molar-refractivity contribution in [3.63, 3.8) is 0 Å². The van der Waals surface area contributed by atoms with E-state index in [1.165, 1.54) is 5.69 Å². The molecule has 2 aromatic heterocycles. The summed E-state index contributed by atoms with van der Waals surface area (Å²) in [5.41, 5.74) is 1.25. The lowest BCUT2D eigenvalue weighted by Gasteiger charge is -2.07. The SMILES string of the molecule is CCc1c[nH]c(=S)n1CCn1ccnc1. The molecule has 0 aliphatic carbocycles. The van der Waals surface area contributed by atoms with E-state index < -0.39 is 0 Å². The van der Waals surface area contributed by atoms with Gasteiger partial charge < -0.3 is 14.1 Å². The number of rotatable bonds is 4. The van der Waals surface area contributed by atoms with Gasteiger partial charge in [0.15, 0.2) is 4.77 Å². The number of aromatic amines is 1. The minimum Gasteiger partial charge on any atom is -0.337 e. The Labute approximate surface area is 93.6 Å². The van der Waals surface area contributed by atoms with Crippen LogP contribution in [-0.4, -0.2) is 19.1 Å². The molecule has 0 aliphatic heterocycles. The van der Waals surface area contributed by atoms with Gasteiger partial charge in [-0.15, -0.1) is 0 Å². The standard InChI is InChI=1S/C10H14N4S/c1-2-9-7-12-10(15)14(9)6-5-13-4-3-11-8-13/h3-4,7-8H,2,5-6H2,1H3,(H,12,15). The molecule has 5 heteroatoms. The molecule has 0 radical (unpaired) electrons. The largest absolute Gasteiger partial charge is 0.337 e. The first-order valence-electron chi connectivity index (χ1n) is 5.04. The first-order valence-corrected chi connectivity index (χ1v) is 5.45. The zero-order valence-corrected chi connectivity index (χ0v) is 9.50. The van der Waals surface area contributed by atoms with Crippen molar-refractivity contribution in [2.45, 2.75) is 26.4 Å². The molecule has 1 N–H and O–H groups in total. The van der Waals surface area contributed by atoms with Gasteiger partial charge in [0.2, 0.25) is 0 Å². The number of aromatic nitrogens is 4. The first kappa shape index (κ1) is 10.2. The fourth-order valence-corrected chi connectivity index (χ4v) is 1.87. The highest BCUT2D eigenvalue weighted by Crippen LogP contribution is 2.03. The summed E-state index contributed by atoms with van der Waals surface area (Å²) in [6, 6.07) is 0. The number of hydrogen-bond donors (Lipinski definition) is 1. The molecule has 0 unspecified atom stereocenters. The second-order valence-electron chi connectivity index (χ2n) is 3.39. The molecule has 2 aromatic rings. The Hall–Kier alpha value is -1.36. The molecule has 15 heavy (non-hydrogen) atoms. The van der Waals surface area contributed by atoms with Crippen molar-refractivity contribution in [3.8, 4) is 0 Å². The van der Waals surface area contributed by atoms with Gasteiger partial charge in [0.25, 0.3) is 0 Å². The van der Waals surface area contributed by atoms with Crippen LogP contribution < -0.4 is 0 Å². The van der Waals surface area contributed by atoms with E-state index in [9.17, 15) is 0 Å². The summed E-state index contributed by atoms with van der Waals surface area (Å²) >= 11 is 5.22. The van der Waals surface area contributed by atoms with Crippen molar-refractivity contribution >= 4 is 12.2 Å². The number of imidazole rings is 2. The Bertz CT molecular complexity index is 466. The van der Waals surface area contributed by atoms with E-state index in [-0.39, 0.29) is 0 Å². The molecule has 0 saturated heterocycles. The van der Waals surface area contributed by atoms with Gasteiger partial charge in [0, 0.05) is 37.4 Å². The van der Waals surface area contributed by atoms with Crippen molar-refractivity contribution in [3.05, 3.63) is 35.4 Å². The van der Waals surface area contributed by atoms with Gasteiger partial charge in [0.1, 0.15) is 0 Å². The lowest BCUT2D eigenvalue weighted by atomic mass is 10.3. The molecule has 0 saturated carbocycles. The van der Waals surface area contributed by atoms with E-state index in [1.54, 1.807) is 6.20 Å². The van der Waals surface area contributed by atoms with Crippen molar-refractivity contribution < 1.29 is 0 Å². The average Bonchev–Trinajstić information content (AvgIpc) is 2.84. The molecule has 0 atom stereocenters. The molecule has 2 rings (SSSR count). The zero-order chi connectivity index (χ0) is 10.7. The van der Waals surface area contributed by atoms with E-state index in [0.717, 1.165) is 24.3 Å². The quantitative estimate of drug-likeness (QED) is 0.804. The highest BCUT2D eigenvalue weighted by Gasteiger charge is 2.01. The van der Waals surface area contributed by atoms with Crippen LogP contribution in [0, 0.1) is 4.77 Å². The van der Waals surface area contributed by atoms with Crippen LogP contribution >= 0.6 is 12.2 Å². The molecule has 2 heterocycles. The average molecular weight is 222 g/mol. The second-order valence-corrected chi connectivity index (χ2v) is 3.78. The molecule has 80 valence electrons. The fourth-order valence-electron chi connectivity index (χ4n) is 1.60. The normalized spacial score (nSPS) is 10.7. The number of aryl methyl sites for hydroxylation is 2. The van der Waals surface area contributed by atoms with Crippen LogP contribution in [-0.2, 0) is 19.5 Å². The highest BCUT2D eigenvalue weighted by molar-refractivity contribution is 7.71. The third-order valence-electron chi connectivity index (χ3n) is 2.46. The summed E-state index contributed by atoms with van der Waals surface area (Å²) in [4.78, 5) is 7.08. The van der Waals surface area contributed by atoms with Gasteiger partial charge in [-0.2, -0.15) is 0 Å². The van der Waals surface area contributed by atoms with Crippen LogP contribution in [0.25, 0.3) is 0 Å². The van der Waals surface area contributed by atoms with Crippen LogP contribution in [0.4, 0.5) is 0 Å². The van der Waals surface area contributed by atoms with Crippen LogP contribution in [0.5, 0.6) is 0 Å². The summed E-state index contributed by atoms with van der Waals surface area (Å²) in [5, 5.41) is 0. The van der Waals surface area contributed by atoms with Gasteiger partial charge in [-0.3, -0.25) is 0 Å². The Kier molecular flexibility index (Phi) is 3.01. The highest BCUT2D eigenvalue weighted by atomic mass is 32.1. The summed E-state index contributed by atoms with van der Waals surface area (Å²) in [6.07, 6.45) is 8.55. The lowest BCUT2D eigenvalue weighted by Crippen LogP contribution is -2.08. The molecular formula is C10H14N4S. The van der Waals surface area contributed by atoms with E-state index in [4.69, 9.17) is 12.2 Å². The van der Waals surface area contributed by atoms with Crippen LogP contribution in [0.15, 0.2) is 24.9 Å². The molecule has 0 bridgehead atoms. The molecule has 0 aliphatic rings. The Balaban J connectivity index is 2.10. The third kappa shape index (κ3) is 2.18. The predicted octanol–water partition coefficient (Wildman–Crippen LogP) is 2.00. The lowest BCUT2D eigenvalue weighted by molar-refractivity contribution is 0.559. The fraction of sp³-hybridized carbons (Fsp3) is 0.400. The van der Waals surface area contributed by atoms with Gasteiger partial charge in [-0.1, -0.05) is 6.92 Å². The zero-order valence-electron chi connectivity index (χ0n) is 8.68. The van der Waals surface area contributed by atoms with E-state index in [0.29, 0.717) is 0 Å². The Morgan fingerprint density at radius 3 is 3.00 bits per heavy atom. The predicted molar refractivity (Wildman–Crippen MR) is 61.2 cm³/mol. The van der Waals surface area contributed by atoms with Crippen molar-refractivity contribution in [2.75, 3.05) is 0 Å². The topological polar surface area (TPSA) is 38.5 Å². The monoisotopic (exact) mass is 222 g/mol. The minimum absolute atomic E-state index is 0.798. The van der Waals surface area contributed by atoms with Crippen LogP contribution in [0.2, 0.25) is 0 Å². The summed E-state index contributed by atoms with van der Waals surface area (Å²) in [5.74, 6) is 0. The summed E-state index contributed by atoms with van der Waals surface area (Å²) in [7, 11) is 0. The molecular weight excluding hydrogens is 208 g/mol. The van der Waals surface area contributed by atoms with Gasteiger partial charge in [-0.05, 0) is 18.6 Å². The first-order chi connectivity index (χ1) is 7.31. The maximum absolute atomic E-state index is 5.22. The minimum atomic E-state index is 0.798.